The van der Waals surface area contributed by atoms with Gasteiger partial charge in [0.15, 0.2) is 5.13 Å². The third-order valence-corrected chi connectivity index (χ3v) is 10.1. The lowest BCUT2D eigenvalue weighted by atomic mass is 9.96. The first kappa shape index (κ1) is 27.7. The zero-order valence-electron chi connectivity index (χ0n) is 21.6. The number of nitrogens with zero attached hydrogens (tertiary/aromatic N) is 3. The minimum Gasteiger partial charge on any atom is -0.495 e. The molecule has 1 amide bonds. The van der Waals surface area contributed by atoms with E-state index in [1.54, 1.807) is 31.3 Å². The first-order valence-electron chi connectivity index (χ1n) is 12.6. The Balaban J connectivity index is 1.39. The molecule has 0 radical (unpaired) electrons. The fraction of sp³-hybridized carbons (Fsp3) is 0.462. The highest BCUT2D eigenvalue weighted by atomic mass is 32.2. The fourth-order valence-electron chi connectivity index (χ4n) is 5.02. The Morgan fingerprint density at radius 2 is 1.85 bits per heavy atom. The second-order valence-electron chi connectivity index (χ2n) is 9.48. The molecule has 2 fully saturated rings. The molecule has 2 aliphatic rings. The van der Waals surface area contributed by atoms with Crippen LogP contribution in [0.4, 0.5) is 13.9 Å². The van der Waals surface area contributed by atoms with Gasteiger partial charge in [0.05, 0.1) is 26.9 Å². The summed E-state index contributed by atoms with van der Waals surface area (Å²) in [4.78, 5) is 19.6. The van der Waals surface area contributed by atoms with E-state index in [1.165, 1.54) is 11.3 Å². The third kappa shape index (κ3) is 5.45. The number of methoxy groups -OCH3 is 2. The number of sulfonamides is 1. The molecule has 3 aromatic rings. The number of carbonyl (C=O) groups excluding carboxylic acids is 1. The molecule has 5 rings (SSSR count). The van der Waals surface area contributed by atoms with Gasteiger partial charge in [-0.3, -0.25) is 9.69 Å². The van der Waals surface area contributed by atoms with Crippen molar-refractivity contribution in [3.05, 3.63) is 42.0 Å². The average Bonchev–Trinajstić information content (AvgIpc) is 3.62. The van der Waals surface area contributed by atoms with E-state index in [1.807, 2.05) is 0 Å². The number of halogens is 2. The molecular weight excluding hydrogens is 552 g/mol. The number of fused-ring (bicyclic) bond motifs is 1. The lowest BCUT2D eigenvalue weighted by Crippen LogP contribution is -2.46. The molecule has 2 aromatic carbocycles. The van der Waals surface area contributed by atoms with Crippen molar-refractivity contribution in [1.29, 1.82) is 0 Å². The van der Waals surface area contributed by atoms with Crippen LogP contribution in [0.15, 0.2) is 35.2 Å². The van der Waals surface area contributed by atoms with Gasteiger partial charge in [0.2, 0.25) is 15.9 Å². The van der Waals surface area contributed by atoms with Crippen LogP contribution in [0.25, 0.3) is 10.2 Å². The molecule has 2 aliphatic heterocycles. The van der Waals surface area contributed by atoms with Crippen molar-refractivity contribution in [2.24, 2.45) is 5.92 Å². The van der Waals surface area contributed by atoms with Gasteiger partial charge < -0.3 is 14.2 Å². The SMILES string of the molecule is COc1ccc(OC)c2sc(N(CC3CCCO3)C(=O)C3CCN(S(=O)(=O)c4cc(F)ccc4F)CC3)nc12. The highest BCUT2D eigenvalue weighted by molar-refractivity contribution is 7.89. The highest BCUT2D eigenvalue weighted by Crippen LogP contribution is 2.41. The Hall–Kier alpha value is -2.87. The molecule has 2 saturated heterocycles. The number of carbonyl (C=O) groups is 1. The number of benzene rings is 2. The molecule has 3 heterocycles. The van der Waals surface area contributed by atoms with Gasteiger partial charge in [0.25, 0.3) is 0 Å². The van der Waals surface area contributed by atoms with Crippen molar-refractivity contribution in [3.8, 4) is 11.5 Å². The predicted octanol–water partition coefficient (Wildman–Crippen LogP) is 4.20. The molecule has 1 unspecified atom stereocenters. The molecule has 0 saturated carbocycles. The molecule has 39 heavy (non-hydrogen) atoms. The van der Waals surface area contributed by atoms with Gasteiger partial charge in [-0.15, -0.1) is 0 Å². The van der Waals surface area contributed by atoms with Gasteiger partial charge in [-0.05, 0) is 56.0 Å². The van der Waals surface area contributed by atoms with Crippen molar-refractivity contribution in [1.82, 2.24) is 9.29 Å². The monoisotopic (exact) mass is 581 g/mol. The molecule has 0 spiro atoms. The van der Waals surface area contributed by atoms with Crippen LogP contribution in [0.3, 0.4) is 0 Å². The Labute approximate surface area is 229 Å². The predicted molar refractivity (Wildman–Crippen MR) is 142 cm³/mol. The summed E-state index contributed by atoms with van der Waals surface area (Å²) in [5, 5.41) is 0.477. The van der Waals surface area contributed by atoms with Crippen molar-refractivity contribution >= 4 is 42.6 Å². The van der Waals surface area contributed by atoms with Crippen LogP contribution in [-0.2, 0) is 19.6 Å². The normalized spacial score (nSPS) is 18.9. The van der Waals surface area contributed by atoms with Crippen LogP contribution in [0, 0.1) is 17.6 Å². The quantitative estimate of drug-likeness (QED) is 0.393. The molecule has 9 nitrogen and oxygen atoms in total. The molecule has 0 aliphatic carbocycles. The number of aromatic nitrogens is 1. The second kappa shape index (κ2) is 11.3. The standard InChI is InChI=1S/C26H29F2N3O6S2/c1-35-20-7-8-21(36-2)24-23(20)29-26(38-24)31(15-18-4-3-13-37-18)25(32)16-9-11-30(12-10-16)39(33,34)22-14-17(27)5-6-19(22)28/h5-8,14,16,18H,3-4,9-13,15H2,1-2H3. The maximum atomic E-state index is 14.2. The van der Waals surface area contributed by atoms with Gasteiger partial charge in [-0.25, -0.2) is 22.2 Å². The molecule has 1 aromatic heterocycles. The smallest absolute Gasteiger partial charge is 0.246 e. The Kier molecular flexibility index (Phi) is 8.04. The number of rotatable bonds is 8. The van der Waals surface area contributed by atoms with Crippen LogP contribution in [-0.4, -0.2) is 70.2 Å². The summed E-state index contributed by atoms with van der Waals surface area (Å²) >= 11 is 1.32. The van der Waals surface area contributed by atoms with E-state index in [4.69, 9.17) is 19.2 Å². The zero-order chi connectivity index (χ0) is 27.7. The summed E-state index contributed by atoms with van der Waals surface area (Å²) in [6.07, 6.45) is 2.04. The molecule has 13 heteroatoms. The fourth-order valence-corrected chi connectivity index (χ4v) is 7.66. The minimum absolute atomic E-state index is 0.00392. The second-order valence-corrected chi connectivity index (χ2v) is 12.4. The summed E-state index contributed by atoms with van der Waals surface area (Å²) in [5.41, 5.74) is 0.583. The number of thiazole rings is 1. The van der Waals surface area contributed by atoms with Gasteiger partial charge >= 0.3 is 0 Å². The Morgan fingerprint density at radius 3 is 2.51 bits per heavy atom. The Morgan fingerprint density at radius 1 is 1.13 bits per heavy atom. The minimum atomic E-state index is -4.25. The molecule has 0 bridgehead atoms. The number of piperidine rings is 1. The maximum Gasteiger partial charge on any atom is 0.246 e. The molecule has 0 N–H and O–H groups in total. The topological polar surface area (TPSA) is 98.3 Å². The number of hydrogen-bond acceptors (Lipinski definition) is 8. The maximum absolute atomic E-state index is 14.2. The lowest BCUT2D eigenvalue weighted by Gasteiger charge is -2.33. The number of hydrogen-bond donors (Lipinski definition) is 0. The number of ether oxygens (including phenoxy) is 3. The lowest BCUT2D eigenvalue weighted by molar-refractivity contribution is -0.123. The van der Waals surface area contributed by atoms with Crippen molar-refractivity contribution in [3.63, 3.8) is 0 Å². The van der Waals surface area contributed by atoms with Crippen molar-refractivity contribution in [2.75, 3.05) is 45.4 Å². The third-order valence-electron chi connectivity index (χ3n) is 7.12. The van der Waals surface area contributed by atoms with Crippen LogP contribution in [0.1, 0.15) is 25.7 Å². The van der Waals surface area contributed by atoms with Gasteiger partial charge in [0.1, 0.15) is 38.2 Å². The summed E-state index contributed by atoms with van der Waals surface area (Å²) < 4.78 is 72.6. The average molecular weight is 582 g/mol. The molecule has 1 atom stereocenters. The van der Waals surface area contributed by atoms with Gasteiger partial charge in [-0.1, -0.05) is 11.3 Å². The van der Waals surface area contributed by atoms with E-state index in [2.05, 4.69) is 0 Å². The first-order valence-corrected chi connectivity index (χ1v) is 14.9. The summed E-state index contributed by atoms with van der Waals surface area (Å²) in [7, 11) is -1.14. The first-order chi connectivity index (χ1) is 18.7. The zero-order valence-corrected chi connectivity index (χ0v) is 23.2. The van der Waals surface area contributed by atoms with Crippen molar-refractivity contribution in [2.45, 2.75) is 36.7 Å². The summed E-state index contributed by atoms with van der Waals surface area (Å²) in [5.74, 6) is -1.35. The van der Waals surface area contributed by atoms with E-state index in [9.17, 15) is 22.0 Å². The van der Waals surface area contributed by atoms with Gasteiger partial charge in [-0.2, -0.15) is 4.31 Å². The van der Waals surface area contributed by atoms with Gasteiger partial charge in [0, 0.05) is 25.6 Å². The van der Waals surface area contributed by atoms with E-state index >= 15 is 0 Å². The van der Waals surface area contributed by atoms with Crippen LogP contribution >= 0.6 is 11.3 Å². The molecule has 210 valence electrons. The molecular formula is C26H29F2N3O6S2. The number of amides is 1. The Bertz CT molecular complexity index is 1430. The highest BCUT2D eigenvalue weighted by Gasteiger charge is 2.37. The largest absolute Gasteiger partial charge is 0.495 e. The van der Waals surface area contributed by atoms with Crippen LogP contribution < -0.4 is 14.4 Å². The number of anilines is 1. The van der Waals surface area contributed by atoms with E-state index in [0.717, 1.165) is 34.0 Å². The summed E-state index contributed by atoms with van der Waals surface area (Å²) in [6.45, 7) is 0.950. The van der Waals surface area contributed by atoms with E-state index in [-0.39, 0.29) is 37.9 Å². The van der Waals surface area contributed by atoms with Crippen LogP contribution in [0.2, 0.25) is 0 Å². The summed E-state index contributed by atoms with van der Waals surface area (Å²) in [6, 6.07) is 5.89. The van der Waals surface area contributed by atoms with E-state index < -0.39 is 32.5 Å². The van der Waals surface area contributed by atoms with E-state index in [0.29, 0.717) is 41.4 Å². The van der Waals surface area contributed by atoms with Crippen LogP contribution in [0.5, 0.6) is 11.5 Å². The van der Waals surface area contributed by atoms with Crippen molar-refractivity contribution < 1.29 is 36.2 Å².